The fourth-order valence-corrected chi connectivity index (χ4v) is 2.29. The minimum atomic E-state index is -0.139. The summed E-state index contributed by atoms with van der Waals surface area (Å²) in [6.07, 6.45) is 4.49. The van der Waals surface area contributed by atoms with Crippen LogP contribution >= 0.6 is 23.2 Å². The molecule has 0 radical (unpaired) electrons. The first kappa shape index (κ1) is 17.1. The number of carbonyl (C=O) groups is 1. The van der Waals surface area contributed by atoms with Gasteiger partial charge in [0.1, 0.15) is 5.75 Å². The Hall–Kier alpha value is -0.930. The lowest BCUT2D eigenvalue weighted by atomic mass is 10.1. The van der Waals surface area contributed by atoms with E-state index in [-0.39, 0.29) is 18.6 Å². The van der Waals surface area contributed by atoms with Gasteiger partial charge in [0, 0.05) is 11.1 Å². The zero-order valence-electron chi connectivity index (χ0n) is 11.9. The van der Waals surface area contributed by atoms with Crippen LogP contribution in [-0.2, 0) is 4.79 Å². The summed E-state index contributed by atoms with van der Waals surface area (Å²) >= 11 is 11.8. The summed E-state index contributed by atoms with van der Waals surface area (Å²) in [5.74, 6) is 0.324. The van der Waals surface area contributed by atoms with Crippen LogP contribution in [0, 0.1) is 0 Å². The van der Waals surface area contributed by atoms with Crippen molar-refractivity contribution >= 4 is 29.1 Å². The molecule has 0 aliphatic heterocycles. The molecular formula is C15H21Cl2NO2. The molecule has 1 rings (SSSR count). The molecule has 5 heteroatoms. The number of amides is 1. The van der Waals surface area contributed by atoms with Gasteiger partial charge in [-0.15, -0.1) is 0 Å². The van der Waals surface area contributed by atoms with Crippen molar-refractivity contribution in [3.8, 4) is 5.75 Å². The largest absolute Gasteiger partial charge is 0.482 e. The fourth-order valence-electron chi connectivity index (χ4n) is 1.82. The van der Waals surface area contributed by atoms with Crippen LogP contribution in [0.2, 0.25) is 10.0 Å². The maximum atomic E-state index is 11.7. The van der Waals surface area contributed by atoms with E-state index in [4.69, 9.17) is 27.9 Å². The summed E-state index contributed by atoms with van der Waals surface area (Å²) in [4.78, 5) is 11.7. The molecule has 0 saturated carbocycles. The molecular weight excluding hydrogens is 297 g/mol. The molecule has 1 atom stereocenters. The molecule has 0 heterocycles. The van der Waals surface area contributed by atoms with Gasteiger partial charge in [-0.05, 0) is 31.5 Å². The van der Waals surface area contributed by atoms with Crippen LogP contribution in [0.5, 0.6) is 5.75 Å². The van der Waals surface area contributed by atoms with Crippen LogP contribution in [0.15, 0.2) is 18.2 Å². The molecule has 3 nitrogen and oxygen atoms in total. The number of halogens is 2. The highest BCUT2D eigenvalue weighted by Crippen LogP contribution is 2.27. The molecule has 1 unspecified atom stereocenters. The lowest BCUT2D eigenvalue weighted by Crippen LogP contribution is -2.36. The second kappa shape index (κ2) is 9.09. The molecule has 0 bridgehead atoms. The van der Waals surface area contributed by atoms with Crippen LogP contribution in [0.4, 0.5) is 0 Å². The standard InChI is InChI=1S/C15H21Cl2NO2/c1-3-4-5-6-11(2)18-15(19)10-20-14-8-7-12(16)9-13(14)17/h7-9,11H,3-6,10H2,1-2H3,(H,18,19). The van der Waals surface area contributed by atoms with Crippen LogP contribution in [0.1, 0.15) is 39.5 Å². The highest BCUT2D eigenvalue weighted by molar-refractivity contribution is 6.35. The van der Waals surface area contributed by atoms with E-state index < -0.39 is 0 Å². The Bertz CT molecular complexity index is 438. The molecule has 0 spiro atoms. The van der Waals surface area contributed by atoms with Gasteiger partial charge in [-0.1, -0.05) is 49.4 Å². The Kier molecular flexibility index (Phi) is 7.78. The highest BCUT2D eigenvalue weighted by Gasteiger charge is 2.09. The predicted molar refractivity (Wildman–Crippen MR) is 83.7 cm³/mol. The first-order chi connectivity index (χ1) is 9.52. The van der Waals surface area contributed by atoms with Crippen molar-refractivity contribution in [2.45, 2.75) is 45.6 Å². The third-order valence-corrected chi connectivity index (χ3v) is 3.43. The summed E-state index contributed by atoms with van der Waals surface area (Å²) in [5, 5.41) is 3.85. The van der Waals surface area contributed by atoms with E-state index in [0.29, 0.717) is 15.8 Å². The van der Waals surface area contributed by atoms with Gasteiger partial charge in [0.25, 0.3) is 5.91 Å². The van der Waals surface area contributed by atoms with Crippen LogP contribution in [0.25, 0.3) is 0 Å². The Morgan fingerprint density at radius 3 is 2.75 bits per heavy atom. The Morgan fingerprint density at radius 2 is 2.10 bits per heavy atom. The third-order valence-electron chi connectivity index (χ3n) is 2.90. The van der Waals surface area contributed by atoms with Crippen LogP contribution < -0.4 is 10.1 Å². The zero-order chi connectivity index (χ0) is 15.0. The molecule has 20 heavy (non-hydrogen) atoms. The SMILES string of the molecule is CCCCCC(C)NC(=O)COc1ccc(Cl)cc1Cl. The summed E-state index contributed by atoms with van der Waals surface area (Å²) in [6, 6.07) is 5.08. The lowest BCUT2D eigenvalue weighted by molar-refractivity contribution is -0.123. The topological polar surface area (TPSA) is 38.3 Å². The Labute approximate surface area is 130 Å². The normalized spacial score (nSPS) is 12.0. The van der Waals surface area contributed by atoms with Crippen molar-refractivity contribution in [1.82, 2.24) is 5.32 Å². The lowest BCUT2D eigenvalue weighted by Gasteiger charge is -2.14. The van der Waals surface area contributed by atoms with E-state index >= 15 is 0 Å². The van der Waals surface area contributed by atoms with E-state index in [1.165, 1.54) is 12.8 Å². The van der Waals surface area contributed by atoms with Gasteiger partial charge in [0.2, 0.25) is 0 Å². The smallest absolute Gasteiger partial charge is 0.258 e. The van der Waals surface area contributed by atoms with Crippen molar-refractivity contribution in [2.24, 2.45) is 0 Å². The number of benzene rings is 1. The number of rotatable bonds is 8. The molecule has 1 N–H and O–H groups in total. The minimum absolute atomic E-state index is 0.0422. The molecule has 0 aromatic heterocycles. The van der Waals surface area contributed by atoms with Crippen molar-refractivity contribution in [1.29, 1.82) is 0 Å². The molecule has 1 aromatic rings. The molecule has 0 aliphatic rings. The second-order valence-corrected chi connectivity index (χ2v) is 5.67. The van der Waals surface area contributed by atoms with Gasteiger partial charge >= 0.3 is 0 Å². The van der Waals surface area contributed by atoms with E-state index in [2.05, 4.69) is 12.2 Å². The molecule has 1 amide bonds. The van der Waals surface area contributed by atoms with Crippen molar-refractivity contribution < 1.29 is 9.53 Å². The number of hydrogen-bond donors (Lipinski definition) is 1. The van der Waals surface area contributed by atoms with E-state index in [1.807, 2.05) is 6.92 Å². The minimum Gasteiger partial charge on any atom is -0.482 e. The van der Waals surface area contributed by atoms with Crippen molar-refractivity contribution in [3.05, 3.63) is 28.2 Å². The summed E-state index contributed by atoms with van der Waals surface area (Å²) < 4.78 is 5.38. The second-order valence-electron chi connectivity index (χ2n) is 4.83. The van der Waals surface area contributed by atoms with E-state index in [1.54, 1.807) is 18.2 Å². The predicted octanol–water partition coefficient (Wildman–Crippen LogP) is 4.46. The quantitative estimate of drug-likeness (QED) is 0.719. The monoisotopic (exact) mass is 317 g/mol. The van der Waals surface area contributed by atoms with Crippen molar-refractivity contribution in [3.63, 3.8) is 0 Å². The van der Waals surface area contributed by atoms with Gasteiger partial charge in [-0.25, -0.2) is 0 Å². The van der Waals surface area contributed by atoms with E-state index in [9.17, 15) is 4.79 Å². The average Bonchev–Trinajstić information content (AvgIpc) is 2.38. The number of ether oxygens (including phenoxy) is 1. The number of carbonyl (C=O) groups excluding carboxylic acids is 1. The number of hydrogen-bond acceptors (Lipinski definition) is 2. The molecule has 0 aliphatic carbocycles. The zero-order valence-corrected chi connectivity index (χ0v) is 13.4. The third kappa shape index (κ3) is 6.49. The van der Waals surface area contributed by atoms with Crippen LogP contribution in [0.3, 0.4) is 0 Å². The van der Waals surface area contributed by atoms with Gasteiger partial charge in [0.15, 0.2) is 6.61 Å². The van der Waals surface area contributed by atoms with Gasteiger partial charge in [-0.2, -0.15) is 0 Å². The summed E-state index contributed by atoms with van der Waals surface area (Å²) in [6.45, 7) is 4.12. The first-order valence-electron chi connectivity index (χ1n) is 6.90. The Morgan fingerprint density at radius 1 is 1.35 bits per heavy atom. The molecule has 112 valence electrons. The van der Waals surface area contributed by atoms with Crippen molar-refractivity contribution in [2.75, 3.05) is 6.61 Å². The molecule has 0 fully saturated rings. The number of nitrogens with one attached hydrogen (secondary N) is 1. The maximum absolute atomic E-state index is 11.7. The number of unbranched alkanes of at least 4 members (excludes halogenated alkanes) is 2. The van der Waals surface area contributed by atoms with E-state index in [0.717, 1.165) is 12.8 Å². The molecule has 1 aromatic carbocycles. The average molecular weight is 318 g/mol. The first-order valence-corrected chi connectivity index (χ1v) is 7.65. The van der Waals surface area contributed by atoms with Crippen LogP contribution in [-0.4, -0.2) is 18.6 Å². The van der Waals surface area contributed by atoms with Gasteiger partial charge < -0.3 is 10.1 Å². The van der Waals surface area contributed by atoms with Gasteiger partial charge in [0.05, 0.1) is 5.02 Å². The molecule has 0 saturated heterocycles. The highest BCUT2D eigenvalue weighted by atomic mass is 35.5. The Balaban J connectivity index is 2.32. The maximum Gasteiger partial charge on any atom is 0.258 e. The fraction of sp³-hybridized carbons (Fsp3) is 0.533. The summed E-state index contributed by atoms with van der Waals surface area (Å²) in [7, 11) is 0. The summed E-state index contributed by atoms with van der Waals surface area (Å²) in [5.41, 5.74) is 0. The van der Waals surface area contributed by atoms with Gasteiger partial charge in [-0.3, -0.25) is 4.79 Å².